The fourth-order valence-corrected chi connectivity index (χ4v) is 4.57. The van der Waals surface area contributed by atoms with E-state index in [1.54, 1.807) is 43.7 Å². The second kappa shape index (κ2) is 9.62. The lowest BCUT2D eigenvalue weighted by molar-refractivity contribution is -0.115. The first-order chi connectivity index (χ1) is 16.6. The molecular formula is C24H19N5O3S2. The molecule has 0 saturated heterocycles. The molecule has 0 bridgehead atoms. The van der Waals surface area contributed by atoms with Gasteiger partial charge in [-0.25, -0.2) is 9.97 Å². The minimum atomic E-state index is -0.479. The van der Waals surface area contributed by atoms with E-state index in [-0.39, 0.29) is 5.91 Å². The van der Waals surface area contributed by atoms with Crippen LogP contribution in [-0.4, -0.2) is 31.3 Å². The van der Waals surface area contributed by atoms with Crippen LogP contribution in [-0.2, 0) is 4.79 Å². The molecule has 1 amide bonds. The quantitative estimate of drug-likeness (QED) is 0.280. The smallest absolute Gasteiger partial charge is 0.239 e. The van der Waals surface area contributed by atoms with Crippen LogP contribution in [0.2, 0.25) is 0 Å². The Kier molecular flexibility index (Phi) is 6.24. The van der Waals surface area contributed by atoms with Crippen LogP contribution in [0.4, 0.5) is 5.13 Å². The lowest BCUT2D eigenvalue weighted by Crippen LogP contribution is -2.22. The first kappa shape index (κ1) is 22.1. The zero-order valence-electron chi connectivity index (χ0n) is 18.3. The molecule has 8 nitrogen and oxygen atoms in total. The van der Waals surface area contributed by atoms with Crippen LogP contribution < -0.4 is 5.32 Å². The first-order valence-electron chi connectivity index (χ1n) is 10.4. The van der Waals surface area contributed by atoms with Crippen molar-refractivity contribution >= 4 is 34.1 Å². The lowest BCUT2D eigenvalue weighted by atomic mass is 10.1. The van der Waals surface area contributed by atoms with Crippen molar-refractivity contribution in [3.8, 4) is 34.2 Å². The summed E-state index contributed by atoms with van der Waals surface area (Å²) in [7, 11) is 0. The standard InChI is InChI=1S/C24H19N5O3S2/c1-14-7-9-16(10-8-14)17-13-33-23(25-17)27-22(30)15(2)34-24-26-20(18-5-3-11-31-18)21(28-29-24)19-6-4-12-32-19/h3-13,15H,1-2H3,(H,25,27,30). The molecule has 0 aliphatic carbocycles. The number of thioether (sulfide) groups is 1. The number of carbonyl (C=O) groups excluding carboxylic acids is 1. The summed E-state index contributed by atoms with van der Waals surface area (Å²) in [6.45, 7) is 3.82. The Morgan fingerprint density at radius 3 is 2.35 bits per heavy atom. The van der Waals surface area contributed by atoms with Gasteiger partial charge in [0.1, 0.15) is 5.69 Å². The average Bonchev–Trinajstić information content (AvgIpc) is 3.62. The van der Waals surface area contributed by atoms with Gasteiger partial charge in [0, 0.05) is 10.9 Å². The van der Waals surface area contributed by atoms with Gasteiger partial charge >= 0.3 is 0 Å². The molecule has 1 aromatic carbocycles. The van der Waals surface area contributed by atoms with Gasteiger partial charge in [-0.05, 0) is 38.1 Å². The third kappa shape index (κ3) is 4.78. The molecule has 1 atom stereocenters. The molecule has 0 radical (unpaired) electrons. The molecule has 4 heterocycles. The highest BCUT2D eigenvalue weighted by atomic mass is 32.2. The molecule has 0 fully saturated rings. The molecule has 0 aliphatic rings. The van der Waals surface area contributed by atoms with E-state index >= 15 is 0 Å². The summed E-state index contributed by atoms with van der Waals surface area (Å²) in [6, 6.07) is 15.2. The van der Waals surface area contributed by atoms with E-state index in [1.165, 1.54) is 28.7 Å². The van der Waals surface area contributed by atoms with Crippen molar-refractivity contribution in [2.24, 2.45) is 0 Å². The average molecular weight is 490 g/mol. The SMILES string of the molecule is Cc1ccc(-c2csc(NC(=O)C(C)Sc3nnc(-c4ccco4)c(-c4ccco4)n3)n2)cc1. The van der Waals surface area contributed by atoms with Crippen molar-refractivity contribution in [3.63, 3.8) is 0 Å². The van der Waals surface area contributed by atoms with Gasteiger partial charge in [-0.1, -0.05) is 41.6 Å². The molecular weight excluding hydrogens is 470 g/mol. The Hall–Kier alpha value is -3.76. The number of amides is 1. The second-order valence-corrected chi connectivity index (χ2v) is 9.57. The van der Waals surface area contributed by atoms with Gasteiger partial charge in [-0.3, -0.25) is 4.79 Å². The fraction of sp³-hybridized carbons (Fsp3) is 0.125. The summed E-state index contributed by atoms with van der Waals surface area (Å²) in [5.74, 6) is 0.863. The highest BCUT2D eigenvalue weighted by Crippen LogP contribution is 2.32. The van der Waals surface area contributed by atoms with Crippen molar-refractivity contribution in [2.75, 3.05) is 5.32 Å². The third-order valence-electron chi connectivity index (χ3n) is 4.91. The van der Waals surface area contributed by atoms with Crippen molar-refractivity contribution in [3.05, 3.63) is 72.0 Å². The second-order valence-electron chi connectivity index (χ2n) is 7.40. The molecule has 0 spiro atoms. The molecule has 170 valence electrons. The highest BCUT2D eigenvalue weighted by molar-refractivity contribution is 8.00. The predicted octanol–water partition coefficient (Wildman–Crippen LogP) is 5.94. The number of benzene rings is 1. The van der Waals surface area contributed by atoms with Gasteiger partial charge in [-0.2, -0.15) is 0 Å². The van der Waals surface area contributed by atoms with Crippen LogP contribution in [0.1, 0.15) is 12.5 Å². The summed E-state index contributed by atoms with van der Waals surface area (Å²) in [5.41, 5.74) is 3.97. The zero-order valence-corrected chi connectivity index (χ0v) is 19.9. The van der Waals surface area contributed by atoms with Crippen LogP contribution in [0.3, 0.4) is 0 Å². The van der Waals surface area contributed by atoms with E-state index in [1.807, 2.05) is 36.6 Å². The van der Waals surface area contributed by atoms with Gasteiger partial charge in [0.05, 0.1) is 23.5 Å². The van der Waals surface area contributed by atoms with E-state index in [0.717, 1.165) is 11.3 Å². The molecule has 34 heavy (non-hydrogen) atoms. The third-order valence-corrected chi connectivity index (χ3v) is 6.62. The van der Waals surface area contributed by atoms with E-state index in [2.05, 4.69) is 25.5 Å². The molecule has 1 N–H and O–H groups in total. The van der Waals surface area contributed by atoms with Gasteiger partial charge in [0.2, 0.25) is 11.1 Å². The molecule has 0 aliphatic heterocycles. The van der Waals surface area contributed by atoms with E-state index < -0.39 is 5.25 Å². The monoisotopic (exact) mass is 489 g/mol. The number of thiazole rings is 1. The van der Waals surface area contributed by atoms with Gasteiger partial charge in [0.15, 0.2) is 22.3 Å². The van der Waals surface area contributed by atoms with Crippen LogP contribution in [0.15, 0.2) is 80.4 Å². The maximum absolute atomic E-state index is 12.8. The fourth-order valence-electron chi connectivity index (χ4n) is 3.13. The number of aryl methyl sites for hydroxylation is 1. The Morgan fingerprint density at radius 1 is 0.971 bits per heavy atom. The van der Waals surface area contributed by atoms with Gasteiger partial charge in [-0.15, -0.1) is 21.5 Å². The maximum atomic E-state index is 12.8. The summed E-state index contributed by atoms with van der Waals surface area (Å²) in [4.78, 5) is 21.9. The largest absolute Gasteiger partial charge is 0.463 e. The van der Waals surface area contributed by atoms with Crippen molar-refractivity contribution < 1.29 is 13.6 Å². The number of aromatic nitrogens is 4. The van der Waals surface area contributed by atoms with Gasteiger partial charge in [0.25, 0.3) is 0 Å². The van der Waals surface area contributed by atoms with E-state index in [0.29, 0.717) is 33.2 Å². The van der Waals surface area contributed by atoms with Crippen molar-refractivity contribution in [1.82, 2.24) is 20.2 Å². The normalized spacial score (nSPS) is 11.9. The summed E-state index contributed by atoms with van der Waals surface area (Å²) < 4.78 is 11.0. The topological polar surface area (TPSA) is 107 Å². The Labute approximate surface area is 203 Å². The minimum Gasteiger partial charge on any atom is -0.463 e. The molecule has 0 saturated carbocycles. The summed E-state index contributed by atoms with van der Waals surface area (Å²) >= 11 is 2.58. The summed E-state index contributed by atoms with van der Waals surface area (Å²) in [5, 5.41) is 13.7. The number of nitrogens with zero attached hydrogens (tertiary/aromatic N) is 4. The number of hydrogen-bond donors (Lipinski definition) is 1. The van der Waals surface area contributed by atoms with Crippen LogP contribution in [0, 0.1) is 6.92 Å². The zero-order chi connectivity index (χ0) is 23.5. The van der Waals surface area contributed by atoms with E-state index in [4.69, 9.17) is 8.83 Å². The molecule has 5 aromatic rings. The number of furan rings is 2. The lowest BCUT2D eigenvalue weighted by Gasteiger charge is -2.10. The van der Waals surface area contributed by atoms with Crippen molar-refractivity contribution in [1.29, 1.82) is 0 Å². The van der Waals surface area contributed by atoms with Crippen molar-refractivity contribution in [2.45, 2.75) is 24.3 Å². The molecule has 4 aromatic heterocycles. The molecule has 5 rings (SSSR count). The highest BCUT2D eigenvalue weighted by Gasteiger charge is 2.22. The Morgan fingerprint density at radius 2 is 1.68 bits per heavy atom. The first-order valence-corrected chi connectivity index (χ1v) is 12.2. The molecule has 1 unspecified atom stereocenters. The number of rotatable bonds is 7. The van der Waals surface area contributed by atoms with Crippen LogP contribution in [0.25, 0.3) is 34.2 Å². The number of carbonyl (C=O) groups is 1. The number of nitrogens with one attached hydrogen (secondary N) is 1. The van der Waals surface area contributed by atoms with E-state index in [9.17, 15) is 4.79 Å². The number of anilines is 1. The molecule has 10 heteroatoms. The maximum Gasteiger partial charge on any atom is 0.239 e. The predicted molar refractivity (Wildman–Crippen MR) is 131 cm³/mol. The van der Waals surface area contributed by atoms with Crippen LogP contribution in [0.5, 0.6) is 0 Å². The number of hydrogen-bond acceptors (Lipinski definition) is 9. The minimum absolute atomic E-state index is 0.201. The van der Waals surface area contributed by atoms with Crippen LogP contribution >= 0.6 is 23.1 Å². The summed E-state index contributed by atoms with van der Waals surface area (Å²) in [6.07, 6.45) is 3.12. The Bertz CT molecular complexity index is 1400. The van der Waals surface area contributed by atoms with Gasteiger partial charge < -0.3 is 14.2 Å². The Balaban J connectivity index is 1.30.